The molecule has 0 aromatic heterocycles. The molecule has 2 nitrogen and oxygen atoms in total. The standard InChI is InChI=1S/C9H12FNO.C2H6/c1-7(10)12-9-5-3-2-4-8(9)6-11;1-2/h2-5,7H,6,11H2,1H3;1-2H3. The van der Waals surface area contributed by atoms with Gasteiger partial charge in [-0.05, 0) is 6.07 Å². The van der Waals surface area contributed by atoms with Crippen molar-refractivity contribution >= 4 is 0 Å². The van der Waals surface area contributed by atoms with Crippen molar-refractivity contribution in [3.63, 3.8) is 0 Å². The van der Waals surface area contributed by atoms with Crippen LogP contribution in [0.15, 0.2) is 24.3 Å². The Labute approximate surface area is 84.9 Å². The highest BCUT2D eigenvalue weighted by atomic mass is 19.1. The van der Waals surface area contributed by atoms with E-state index < -0.39 is 6.36 Å². The lowest BCUT2D eigenvalue weighted by molar-refractivity contribution is 0.0850. The van der Waals surface area contributed by atoms with Crippen LogP contribution >= 0.6 is 0 Å². The van der Waals surface area contributed by atoms with E-state index in [0.29, 0.717) is 12.3 Å². The lowest BCUT2D eigenvalue weighted by Gasteiger charge is -2.10. The van der Waals surface area contributed by atoms with Crippen LogP contribution in [0.1, 0.15) is 26.3 Å². The average molecular weight is 199 g/mol. The molecule has 3 heteroatoms. The number of hydrogen-bond acceptors (Lipinski definition) is 2. The fraction of sp³-hybridized carbons (Fsp3) is 0.455. The number of rotatable bonds is 3. The van der Waals surface area contributed by atoms with Crippen LogP contribution in [0.2, 0.25) is 0 Å². The van der Waals surface area contributed by atoms with Crippen LogP contribution in [-0.4, -0.2) is 6.36 Å². The minimum Gasteiger partial charge on any atom is -0.460 e. The molecule has 1 rings (SSSR count). The van der Waals surface area contributed by atoms with Gasteiger partial charge in [0.15, 0.2) is 0 Å². The maximum atomic E-state index is 12.4. The molecule has 0 aliphatic carbocycles. The summed E-state index contributed by atoms with van der Waals surface area (Å²) in [5.74, 6) is 0.523. The largest absolute Gasteiger partial charge is 0.460 e. The number of nitrogens with two attached hydrogens (primary N) is 1. The highest BCUT2D eigenvalue weighted by Gasteiger charge is 2.03. The van der Waals surface area contributed by atoms with E-state index in [1.807, 2.05) is 26.0 Å². The number of halogens is 1. The van der Waals surface area contributed by atoms with E-state index in [0.717, 1.165) is 5.56 Å². The molecule has 0 spiro atoms. The highest BCUT2D eigenvalue weighted by molar-refractivity contribution is 5.32. The lowest BCUT2D eigenvalue weighted by Crippen LogP contribution is -2.07. The summed E-state index contributed by atoms with van der Waals surface area (Å²) in [5, 5.41) is 0. The zero-order chi connectivity index (χ0) is 11.0. The smallest absolute Gasteiger partial charge is 0.235 e. The molecule has 0 radical (unpaired) electrons. The summed E-state index contributed by atoms with van der Waals surface area (Å²) in [4.78, 5) is 0. The monoisotopic (exact) mass is 199 g/mol. The third-order valence-electron chi connectivity index (χ3n) is 1.48. The first-order chi connectivity index (χ1) is 6.74. The summed E-state index contributed by atoms with van der Waals surface area (Å²) in [6.45, 7) is 5.70. The molecule has 1 aromatic carbocycles. The summed E-state index contributed by atoms with van der Waals surface area (Å²) in [6, 6.07) is 7.16. The van der Waals surface area contributed by atoms with Gasteiger partial charge in [-0.15, -0.1) is 0 Å². The van der Waals surface area contributed by atoms with Gasteiger partial charge < -0.3 is 10.5 Å². The Bertz CT molecular complexity index is 251. The third kappa shape index (κ3) is 4.23. The van der Waals surface area contributed by atoms with Crippen LogP contribution in [-0.2, 0) is 6.54 Å². The Hall–Kier alpha value is -1.09. The van der Waals surface area contributed by atoms with Crippen LogP contribution in [0.3, 0.4) is 0 Å². The van der Waals surface area contributed by atoms with E-state index in [1.165, 1.54) is 6.92 Å². The molecule has 2 N–H and O–H groups in total. The van der Waals surface area contributed by atoms with Crippen LogP contribution in [0, 0.1) is 0 Å². The van der Waals surface area contributed by atoms with Crippen molar-refractivity contribution in [3.05, 3.63) is 29.8 Å². The van der Waals surface area contributed by atoms with E-state index in [4.69, 9.17) is 10.5 Å². The molecule has 0 amide bonds. The number of para-hydroxylation sites is 1. The summed E-state index contributed by atoms with van der Waals surface area (Å²) in [5.41, 5.74) is 6.25. The Kier molecular flexibility index (Phi) is 6.76. The predicted octanol–water partition coefficient (Wildman–Crippen LogP) is 2.87. The van der Waals surface area contributed by atoms with Crippen molar-refractivity contribution in [2.75, 3.05) is 0 Å². The number of hydrogen-bond donors (Lipinski definition) is 1. The maximum absolute atomic E-state index is 12.4. The molecular weight excluding hydrogens is 181 g/mol. The van der Waals surface area contributed by atoms with Crippen molar-refractivity contribution in [2.45, 2.75) is 33.7 Å². The highest BCUT2D eigenvalue weighted by Crippen LogP contribution is 2.18. The van der Waals surface area contributed by atoms with Crippen molar-refractivity contribution < 1.29 is 9.13 Å². The fourth-order valence-corrected chi connectivity index (χ4v) is 0.962. The second-order valence-corrected chi connectivity index (χ2v) is 2.47. The first-order valence-corrected chi connectivity index (χ1v) is 4.82. The molecule has 0 bridgehead atoms. The first kappa shape index (κ1) is 12.9. The van der Waals surface area contributed by atoms with Gasteiger partial charge in [-0.1, -0.05) is 32.0 Å². The summed E-state index contributed by atoms with van der Waals surface area (Å²) in [7, 11) is 0. The second kappa shape index (κ2) is 7.33. The third-order valence-corrected chi connectivity index (χ3v) is 1.48. The number of alkyl halides is 1. The van der Waals surface area contributed by atoms with Crippen LogP contribution in [0.5, 0.6) is 5.75 Å². The zero-order valence-corrected chi connectivity index (χ0v) is 8.96. The molecule has 80 valence electrons. The SMILES string of the molecule is CC.CC(F)Oc1ccccc1CN. The topological polar surface area (TPSA) is 35.2 Å². The van der Waals surface area contributed by atoms with Crippen LogP contribution < -0.4 is 10.5 Å². The average Bonchev–Trinajstić information content (AvgIpc) is 2.21. The second-order valence-electron chi connectivity index (χ2n) is 2.47. The maximum Gasteiger partial charge on any atom is 0.235 e. The molecule has 0 aliphatic heterocycles. The Balaban J connectivity index is 0.000000791. The van der Waals surface area contributed by atoms with Gasteiger partial charge in [0, 0.05) is 19.0 Å². The van der Waals surface area contributed by atoms with Gasteiger partial charge in [0.1, 0.15) is 5.75 Å². The number of ether oxygens (including phenoxy) is 1. The van der Waals surface area contributed by atoms with Gasteiger partial charge in [0.05, 0.1) is 0 Å². The molecule has 1 unspecified atom stereocenters. The fourth-order valence-electron chi connectivity index (χ4n) is 0.962. The quantitative estimate of drug-likeness (QED) is 0.812. The Morgan fingerprint density at radius 1 is 1.36 bits per heavy atom. The summed E-state index contributed by atoms with van der Waals surface area (Å²) >= 11 is 0. The van der Waals surface area contributed by atoms with E-state index in [-0.39, 0.29) is 0 Å². The van der Waals surface area contributed by atoms with Gasteiger partial charge in [0.25, 0.3) is 0 Å². The normalized spacial score (nSPS) is 11.2. The molecule has 1 atom stereocenters. The van der Waals surface area contributed by atoms with Gasteiger partial charge in [-0.2, -0.15) is 0 Å². The van der Waals surface area contributed by atoms with Gasteiger partial charge in [-0.25, -0.2) is 4.39 Å². The molecule has 1 aromatic rings. The molecule has 0 aliphatic rings. The summed E-state index contributed by atoms with van der Waals surface area (Å²) in [6.07, 6.45) is -1.29. The predicted molar refractivity (Wildman–Crippen MR) is 56.9 cm³/mol. The Morgan fingerprint density at radius 3 is 2.43 bits per heavy atom. The first-order valence-electron chi connectivity index (χ1n) is 4.82. The van der Waals surface area contributed by atoms with Gasteiger partial charge >= 0.3 is 0 Å². The molecule has 0 saturated carbocycles. The molecule has 0 fully saturated rings. The van der Waals surface area contributed by atoms with E-state index in [9.17, 15) is 4.39 Å². The van der Waals surface area contributed by atoms with Crippen molar-refractivity contribution in [1.82, 2.24) is 0 Å². The molecular formula is C11H18FNO. The van der Waals surface area contributed by atoms with Gasteiger partial charge in [0.2, 0.25) is 6.36 Å². The minimum absolute atomic E-state index is 0.364. The van der Waals surface area contributed by atoms with Crippen molar-refractivity contribution in [1.29, 1.82) is 0 Å². The van der Waals surface area contributed by atoms with Crippen molar-refractivity contribution in [2.24, 2.45) is 5.73 Å². The number of benzene rings is 1. The minimum atomic E-state index is -1.29. The van der Waals surface area contributed by atoms with Crippen LogP contribution in [0.4, 0.5) is 4.39 Å². The molecule has 0 saturated heterocycles. The van der Waals surface area contributed by atoms with E-state index in [1.54, 1.807) is 12.1 Å². The van der Waals surface area contributed by atoms with Gasteiger partial charge in [-0.3, -0.25) is 0 Å². The zero-order valence-electron chi connectivity index (χ0n) is 8.96. The molecule has 0 heterocycles. The summed E-state index contributed by atoms with van der Waals surface area (Å²) < 4.78 is 17.3. The lowest BCUT2D eigenvalue weighted by atomic mass is 10.2. The van der Waals surface area contributed by atoms with E-state index >= 15 is 0 Å². The van der Waals surface area contributed by atoms with E-state index in [2.05, 4.69) is 0 Å². The van der Waals surface area contributed by atoms with Crippen molar-refractivity contribution in [3.8, 4) is 5.75 Å². The molecule has 14 heavy (non-hydrogen) atoms. The van der Waals surface area contributed by atoms with Crippen LogP contribution in [0.25, 0.3) is 0 Å². The Morgan fingerprint density at radius 2 is 1.93 bits per heavy atom.